The molecule has 1 aliphatic rings. The first kappa shape index (κ1) is 12.7. The third-order valence-corrected chi connectivity index (χ3v) is 3.69. The van der Waals surface area contributed by atoms with Crippen LogP contribution in [-0.4, -0.2) is 27.7 Å². The van der Waals surface area contributed by atoms with E-state index in [0.29, 0.717) is 0 Å². The van der Waals surface area contributed by atoms with E-state index in [4.69, 9.17) is 4.74 Å². The van der Waals surface area contributed by atoms with Gasteiger partial charge in [-0.2, -0.15) is 0 Å². The molecule has 1 unspecified atom stereocenters. The third-order valence-electron chi connectivity index (χ3n) is 3.69. The number of carbonyl (C=O) groups is 1. The van der Waals surface area contributed by atoms with Gasteiger partial charge >= 0.3 is 5.97 Å². The Morgan fingerprint density at radius 3 is 2.85 bits per heavy atom. The highest BCUT2D eigenvalue weighted by Gasteiger charge is 2.29. The van der Waals surface area contributed by atoms with Crippen LogP contribution in [0.25, 0.3) is 11.4 Å². The molecule has 0 amide bonds. The summed E-state index contributed by atoms with van der Waals surface area (Å²) in [5.41, 5.74) is 1.93. The second kappa shape index (κ2) is 5.00. The summed E-state index contributed by atoms with van der Waals surface area (Å²) < 4.78 is 6.86. The van der Waals surface area contributed by atoms with Crippen LogP contribution in [0.4, 0.5) is 0 Å². The van der Waals surface area contributed by atoms with Gasteiger partial charge in [-0.3, -0.25) is 0 Å². The fourth-order valence-electron chi connectivity index (χ4n) is 2.72. The highest BCUT2D eigenvalue weighted by atomic mass is 16.5. The molecule has 20 heavy (non-hydrogen) atoms. The maximum absolute atomic E-state index is 12.0. The molecule has 1 aromatic carbocycles. The van der Waals surface area contributed by atoms with Crippen LogP contribution in [0.3, 0.4) is 0 Å². The quantitative estimate of drug-likeness (QED) is 0.852. The average molecular weight is 272 g/mol. The van der Waals surface area contributed by atoms with E-state index in [1.54, 1.807) is 24.3 Å². The summed E-state index contributed by atoms with van der Waals surface area (Å²) in [5.74, 6) is 0.725. The lowest BCUT2D eigenvalue weighted by Crippen LogP contribution is -2.26. The van der Waals surface area contributed by atoms with Crippen molar-refractivity contribution in [1.82, 2.24) is 9.55 Å². The lowest BCUT2D eigenvalue weighted by atomic mass is 10.0. The number of aromatic nitrogens is 2. The van der Waals surface area contributed by atoms with Gasteiger partial charge in [0.2, 0.25) is 0 Å². The van der Waals surface area contributed by atoms with E-state index in [-0.39, 0.29) is 17.8 Å². The van der Waals surface area contributed by atoms with Crippen LogP contribution in [0.2, 0.25) is 0 Å². The zero-order chi connectivity index (χ0) is 14.1. The highest BCUT2D eigenvalue weighted by molar-refractivity contribution is 5.75. The summed E-state index contributed by atoms with van der Waals surface area (Å²) in [6.45, 7) is 0. The molecule has 0 saturated carbocycles. The van der Waals surface area contributed by atoms with Crippen molar-refractivity contribution in [1.29, 1.82) is 0 Å². The molecule has 3 rings (SSSR count). The molecule has 1 N–H and O–H groups in total. The predicted molar refractivity (Wildman–Crippen MR) is 73.3 cm³/mol. The molecule has 5 heteroatoms. The molecule has 5 nitrogen and oxygen atoms in total. The number of carbonyl (C=O) groups excluding carboxylic acids is 1. The molecule has 2 heterocycles. The monoisotopic (exact) mass is 272 g/mol. The van der Waals surface area contributed by atoms with Gasteiger partial charge in [0.25, 0.3) is 0 Å². The first-order valence-electron chi connectivity index (χ1n) is 6.64. The van der Waals surface area contributed by atoms with Gasteiger partial charge in [0.1, 0.15) is 17.6 Å². The third kappa shape index (κ3) is 2.05. The molecule has 0 saturated heterocycles. The first-order valence-corrected chi connectivity index (χ1v) is 6.64. The topological polar surface area (TPSA) is 64.3 Å². The molecule has 0 bridgehead atoms. The van der Waals surface area contributed by atoms with Gasteiger partial charge in [0.15, 0.2) is 0 Å². The minimum Gasteiger partial charge on any atom is -0.508 e. The Hall–Kier alpha value is -2.30. The normalized spacial score (nSPS) is 17.6. The first-order chi connectivity index (χ1) is 9.70. The van der Waals surface area contributed by atoms with E-state index in [2.05, 4.69) is 4.98 Å². The molecule has 1 atom stereocenters. The maximum Gasteiger partial charge on any atom is 0.328 e. The SMILES string of the molecule is COC(=O)C1CCCc2cnc(-c3ccc(O)cc3)n21. The van der Waals surface area contributed by atoms with Crippen LogP contribution in [0, 0.1) is 0 Å². The second-order valence-electron chi connectivity index (χ2n) is 4.92. The number of aryl methyl sites for hydroxylation is 1. The van der Waals surface area contributed by atoms with Crippen molar-refractivity contribution in [3.8, 4) is 17.1 Å². The van der Waals surface area contributed by atoms with Crippen LogP contribution in [0.5, 0.6) is 5.75 Å². The van der Waals surface area contributed by atoms with Crippen molar-refractivity contribution >= 4 is 5.97 Å². The summed E-state index contributed by atoms with van der Waals surface area (Å²) in [4.78, 5) is 16.4. The number of nitrogens with zero attached hydrogens (tertiary/aromatic N) is 2. The number of hydrogen-bond donors (Lipinski definition) is 1. The number of phenols is 1. The molecule has 0 fully saturated rings. The number of ether oxygens (including phenoxy) is 1. The molecular formula is C15H16N2O3. The Morgan fingerprint density at radius 1 is 1.40 bits per heavy atom. The molecule has 104 valence electrons. The number of esters is 1. The Kier molecular flexibility index (Phi) is 3.18. The van der Waals surface area contributed by atoms with Crippen molar-refractivity contribution in [2.24, 2.45) is 0 Å². The summed E-state index contributed by atoms with van der Waals surface area (Å²) in [6, 6.07) is 6.52. The summed E-state index contributed by atoms with van der Waals surface area (Å²) in [7, 11) is 1.41. The van der Waals surface area contributed by atoms with Gasteiger partial charge in [-0.1, -0.05) is 0 Å². The van der Waals surface area contributed by atoms with Gasteiger partial charge in [-0.25, -0.2) is 9.78 Å². The zero-order valence-corrected chi connectivity index (χ0v) is 11.2. The van der Waals surface area contributed by atoms with Gasteiger partial charge in [-0.05, 0) is 43.5 Å². The van der Waals surface area contributed by atoms with E-state index in [1.165, 1.54) is 7.11 Å². The van der Waals surface area contributed by atoms with E-state index >= 15 is 0 Å². The van der Waals surface area contributed by atoms with Crippen molar-refractivity contribution in [3.63, 3.8) is 0 Å². The Balaban J connectivity index is 2.08. The smallest absolute Gasteiger partial charge is 0.328 e. The molecular weight excluding hydrogens is 256 g/mol. The van der Waals surface area contributed by atoms with Crippen molar-refractivity contribution < 1.29 is 14.6 Å². The Bertz CT molecular complexity index is 631. The Morgan fingerprint density at radius 2 is 2.15 bits per heavy atom. The fraction of sp³-hybridized carbons (Fsp3) is 0.333. The second-order valence-corrected chi connectivity index (χ2v) is 4.92. The lowest BCUT2D eigenvalue weighted by molar-refractivity contribution is -0.145. The molecule has 1 aromatic heterocycles. The number of rotatable bonds is 2. The van der Waals surface area contributed by atoms with Crippen LogP contribution < -0.4 is 0 Å². The van der Waals surface area contributed by atoms with E-state index in [0.717, 1.165) is 36.3 Å². The molecule has 0 radical (unpaired) electrons. The van der Waals surface area contributed by atoms with Crippen molar-refractivity contribution in [2.75, 3.05) is 7.11 Å². The number of aromatic hydroxyl groups is 1. The van der Waals surface area contributed by atoms with Gasteiger partial charge < -0.3 is 14.4 Å². The average Bonchev–Trinajstić information content (AvgIpc) is 2.91. The van der Waals surface area contributed by atoms with Crippen LogP contribution in [0.15, 0.2) is 30.5 Å². The number of methoxy groups -OCH3 is 1. The number of benzene rings is 1. The predicted octanol–water partition coefficient (Wildman–Crippen LogP) is 2.31. The molecule has 2 aromatic rings. The van der Waals surface area contributed by atoms with Crippen LogP contribution in [0.1, 0.15) is 24.6 Å². The summed E-state index contributed by atoms with van der Waals surface area (Å²) >= 11 is 0. The van der Waals surface area contributed by atoms with Crippen molar-refractivity contribution in [2.45, 2.75) is 25.3 Å². The minimum absolute atomic E-state index is 0.212. The number of fused-ring (bicyclic) bond motifs is 1. The van der Waals surface area contributed by atoms with Gasteiger partial charge in [0.05, 0.1) is 7.11 Å². The molecule has 1 aliphatic heterocycles. The largest absolute Gasteiger partial charge is 0.508 e. The van der Waals surface area contributed by atoms with E-state index in [1.807, 2.05) is 10.8 Å². The number of hydrogen-bond acceptors (Lipinski definition) is 4. The Labute approximate surface area is 116 Å². The standard InChI is InChI=1S/C15H16N2O3/c1-20-15(19)13-4-2-3-11-9-16-14(17(11)13)10-5-7-12(18)8-6-10/h5-9,13,18H,2-4H2,1H3. The molecule has 0 aliphatic carbocycles. The van der Waals surface area contributed by atoms with Gasteiger partial charge in [-0.15, -0.1) is 0 Å². The van der Waals surface area contributed by atoms with Crippen molar-refractivity contribution in [3.05, 3.63) is 36.2 Å². The maximum atomic E-state index is 12.0. The minimum atomic E-state index is -0.310. The molecule has 0 spiro atoms. The zero-order valence-electron chi connectivity index (χ0n) is 11.2. The van der Waals surface area contributed by atoms with E-state index < -0.39 is 0 Å². The number of imidazole rings is 1. The lowest BCUT2D eigenvalue weighted by Gasteiger charge is -2.25. The van der Waals surface area contributed by atoms with Crippen LogP contribution in [-0.2, 0) is 16.0 Å². The summed E-state index contributed by atoms with van der Waals surface area (Å²) in [5, 5.41) is 9.37. The van der Waals surface area contributed by atoms with Crippen LogP contribution >= 0.6 is 0 Å². The van der Waals surface area contributed by atoms with E-state index in [9.17, 15) is 9.90 Å². The highest BCUT2D eigenvalue weighted by Crippen LogP contribution is 2.32. The fourth-order valence-corrected chi connectivity index (χ4v) is 2.72. The van der Waals surface area contributed by atoms with Gasteiger partial charge in [0, 0.05) is 17.5 Å². The summed E-state index contributed by atoms with van der Waals surface area (Å²) in [6.07, 6.45) is 4.46. The number of phenolic OH excluding ortho intramolecular Hbond substituents is 1.